The third kappa shape index (κ3) is 4.98. The van der Waals surface area contributed by atoms with Crippen molar-refractivity contribution in [3.05, 3.63) is 53.6 Å². The fraction of sp³-hybridized carbons (Fsp3) is 0.391. The number of amides is 1. The van der Waals surface area contributed by atoms with Gasteiger partial charge in [-0.15, -0.1) is 0 Å². The van der Waals surface area contributed by atoms with Crippen LogP contribution in [0.3, 0.4) is 0 Å². The largest absolute Gasteiger partial charge is 0.484 e. The van der Waals surface area contributed by atoms with Crippen molar-refractivity contribution in [3.8, 4) is 5.75 Å². The second-order valence-electron chi connectivity index (χ2n) is 7.53. The number of anilines is 1. The number of thiazole rings is 1. The van der Waals surface area contributed by atoms with Crippen molar-refractivity contribution in [1.29, 1.82) is 0 Å². The Bertz CT molecular complexity index is 1000. The van der Waals surface area contributed by atoms with Crippen LogP contribution in [-0.4, -0.2) is 61.8 Å². The molecule has 0 atom stereocenters. The Labute approximate surface area is 181 Å². The molecular weight excluding hydrogens is 398 g/mol. The van der Waals surface area contributed by atoms with Gasteiger partial charge in [0.2, 0.25) is 0 Å². The average Bonchev–Trinajstić information content (AvgIpc) is 3.18. The summed E-state index contributed by atoms with van der Waals surface area (Å²) in [5, 5.41) is 0.730. The van der Waals surface area contributed by atoms with Crippen LogP contribution in [0.4, 0.5) is 5.13 Å². The number of carbonyl (C=O) groups excluding carboxylic acids is 1. The maximum atomic E-state index is 13.1. The summed E-state index contributed by atoms with van der Waals surface area (Å²) in [6, 6.07) is 13.7. The van der Waals surface area contributed by atoms with Gasteiger partial charge in [-0.3, -0.25) is 14.6 Å². The highest BCUT2D eigenvalue weighted by Crippen LogP contribution is 2.32. The summed E-state index contributed by atoms with van der Waals surface area (Å²) >= 11 is 1.57. The number of aryl methyl sites for hydroxylation is 2. The first-order chi connectivity index (χ1) is 14.6. The van der Waals surface area contributed by atoms with Crippen LogP contribution in [-0.2, 0) is 9.53 Å². The smallest absolute Gasteiger partial charge is 0.266 e. The first-order valence-corrected chi connectivity index (χ1v) is 11.1. The van der Waals surface area contributed by atoms with E-state index in [1.54, 1.807) is 16.2 Å². The molecule has 0 N–H and O–H groups in total. The van der Waals surface area contributed by atoms with Crippen LogP contribution in [0.2, 0.25) is 0 Å². The molecule has 1 aliphatic rings. The minimum absolute atomic E-state index is 0.0128. The predicted octanol–water partition coefficient (Wildman–Crippen LogP) is 3.66. The molecule has 0 unspecified atom stereocenters. The van der Waals surface area contributed by atoms with Gasteiger partial charge in [-0.25, -0.2) is 4.98 Å². The highest BCUT2D eigenvalue weighted by atomic mass is 32.1. The monoisotopic (exact) mass is 425 g/mol. The maximum absolute atomic E-state index is 13.1. The first kappa shape index (κ1) is 20.8. The molecule has 0 aliphatic carbocycles. The first-order valence-electron chi connectivity index (χ1n) is 10.3. The fourth-order valence-corrected chi connectivity index (χ4v) is 4.67. The third-order valence-corrected chi connectivity index (χ3v) is 6.42. The molecule has 1 saturated heterocycles. The van der Waals surface area contributed by atoms with E-state index >= 15 is 0 Å². The van der Waals surface area contributed by atoms with Crippen molar-refractivity contribution in [2.24, 2.45) is 0 Å². The summed E-state index contributed by atoms with van der Waals surface area (Å²) in [6.07, 6.45) is 0. The highest BCUT2D eigenvalue weighted by molar-refractivity contribution is 7.22. The number of carbonyl (C=O) groups is 1. The lowest BCUT2D eigenvalue weighted by Gasteiger charge is -2.29. The molecule has 1 aromatic heterocycles. The van der Waals surface area contributed by atoms with Crippen molar-refractivity contribution in [1.82, 2.24) is 9.88 Å². The van der Waals surface area contributed by atoms with Crippen molar-refractivity contribution in [2.75, 3.05) is 50.9 Å². The maximum Gasteiger partial charge on any atom is 0.266 e. The molecule has 1 amide bonds. The number of ether oxygens (including phenoxy) is 2. The molecule has 6 nitrogen and oxygen atoms in total. The molecular formula is C23H27N3O3S. The van der Waals surface area contributed by atoms with Gasteiger partial charge in [0.05, 0.1) is 23.4 Å². The number of rotatable bonds is 7. The van der Waals surface area contributed by atoms with E-state index in [1.807, 2.05) is 30.3 Å². The highest BCUT2D eigenvalue weighted by Gasteiger charge is 2.22. The summed E-state index contributed by atoms with van der Waals surface area (Å²) in [4.78, 5) is 22.0. The van der Waals surface area contributed by atoms with Crippen LogP contribution >= 0.6 is 11.3 Å². The number of hydrogen-bond acceptors (Lipinski definition) is 6. The summed E-state index contributed by atoms with van der Waals surface area (Å²) in [7, 11) is 0. The molecule has 2 heterocycles. The number of aromatic nitrogens is 1. The van der Waals surface area contributed by atoms with E-state index in [1.165, 1.54) is 11.1 Å². The molecule has 1 fully saturated rings. The van der Waals surface area contributed by atoms with Crippen molar-refractivity contribution >= 4 is 32.6 Å². The van der Waals surface area contributed by atoms with Crippen LogP contribution in [0.1, 0.15) is 11.1 Å². The SMILES string of the molecule is Cc1cc(C)c2sc(N(CCN3CCOCC3)C(=O)COc3ccccc3)nc2c1. The van der Waals surface area contributed by atoms with Crippen LogP contribution < -0.4 is 9.64 Å². The van der Waals surface area contributed by atoms with Crippen molar-refractivity contribution in [3.63, 3.8) is 0 Å². The van der Waals surface area contributed by atoms with E-state index in [2.05, 4.69) is 30.9 Å². The van der Waals surface area contributed by atoms with E-state index in [4.69, 9.17) is 14.5 Å². The van der Waals surface area contributed by atoms with Crippen molar-refractivity contribution < 1.29 is 14.3 Å². The van der Waals surface area contributed by atoms with Crippen molar-refractivity contribution in [2.45, 2.75) is 13.8 Å². The topological polar surface area (TPSA) is 54.9 Å². The minimum atomic E-state index is -0.0828. The lowest BCUT2D eigenvalue weighted by molar-refractivity contribution is -0.120. The number of nitrogens with zero attached hydrogens (tertiary/aromatic N) is 3. The number of benzene rings is 2. The molecule has 4 rings (SSSR count). The quantitative estimate of drug-likeness (QED) is 0.578. The number of para-hydroxylation sites is 1. The van der Waals surface area contributed by atoms with Gasteiger partial charge in [0.15, 0.2) is 11.7 Å². The molecule has 158 valence electrons. The second-order valence-corrected chi connectivity index (χ2v) is 8.51. The van der Waals surface area contributed by atoms with Gasteiger partial charge < -0.3 is 9.47 Å². The number of hydrogen-bond donors (Lipinski definition) is 0. The standard InChI is InChI=1S/C23H27N3O3S/c1-17-14-18(2)22-20(15-17)24-23(30-22)26(9-8-25-10-12-28-13-11-25)21(27)16-29-19-6-4-3-5-7-19/h3-7,14-15H,8-13,16H2,1-2H3. The molecule has 0 spiro atoms. The van der Waals surface area contributed by atoms with Gasteiger partial charge in [0.25, 0.3) is 5.91 Å². The van der Waals surface area contributed by atoms with Gasteiger partial charge in [0, 0.05) is 26.2 Å². The number of morpholine rings is 1. The zero-order chi connectivity index (χ0) is 20.9. The Morgan fingerprint density at radius 2 is 1.97 bits per heavy atom. The van der Waals surface area contributed by atoms with Crippen LogP contribution in [0.25, 0.3) is 10.2 Å². The average molecular weight is 426 g/mol. The molecule has 30 heavy (non-hydrogen) atoms. The van der Waals surface area contributed by atoms with Gasteiger partial charge in [-0.2, -0.15) is 0 Å². The van der Waals surface area contributed by atoms with Crippen LogP contribution in [0.5, 0.6) is 5.75 Å². The summed E-state index contributed by atoms with van der Waals surface area (Å²) in [5.41, 5.74) is 3.31. The van der Waals surface area contributed by atoms with E-state index in [-0.39, 0.29) is 12.5 Å². The Morgan fingerprint density at radius 1 is 1.20 bits per heavy atom. The molecule has 0 radical (unpaired) electrons. The van der Waals surface area contributed by atoms with Gasteiger partial charge in [-0.1, -0.05) is 35.6 Å². The lowest BCUT2D eigenvalue weighted by atomic mass is 10.1. The zero-order valence-electron chi connectivity index (χ0n) is 17.5. The number of fused-ring (bicyclic) bond motifs is 1. The summed E-state index contributed by atoms with van der Waals surface area (Å²) in [5.74, 6) is 0.607. The molecule has 3 aromatic rings. The van der Waals surface area contributed by atoms with E-state index in [0.29, 0.717) is 12.3 Å². The molecule has 2 aromatic carbocycles. The van der Waals surface area contributed by atoms with E-state index < -0.39 is 0 Å². The minimum Gasteiger partial charge on any atom is -0.484 e. The third-order valence-electron chi connectivity index (χ3n) is 5.19. The van der Waals surface area contributed by atoms with E-state index in [0.717, 1.165) is 48.2 Å². The molecule has 0 saturated carbocycles. The van der Waals surface area contributed by atoms with Gasteiger partial charge in [-0.05, 0) is 43.2 Å². The van der Waals surface area contributed by atoms with E-state index in [9.17, 15) is 4.79 Å². The summed E-state index contributed by atoms with van der Waals surface area (Å²) < 4.78 is 12.3. The predicted molar refractivity (Wildman–Crippen MR) is 121 cm³/mol. The second kappa shape index (κ2) is 9.55. The molecule has 1 aliphatic heterocycles. The Morgan fingerprint density at radius 3 is 2.73 bits per heavy atom. The van der Waals surface area contributed by atoms with Crippen LogP contribution in [0.15, 0.2) is 42.5 Å². The summed E-state index contributed by atoms with van der Waals surface area (Å²) in [6.45, 7) is 8.78. The Balaban J connectivity index is 1.54. The molecule has 7 heteroatoms. The fourth-order valence-electron chi connectivity index (χ4n) is 3.61. The normalized spacial score (nSPS) is 14.7. The molecule has 0 bridgehead atoms. The zero-order valence-corrected chi connectivity index (χ0v) is 18.3. The Kier molecular flexibility index (Phi) is 6.62. The van der Waals surface area contributed by atoms with Gasteiger partial charge in [0.1, 0.15) is 5.75 Å². The van der Waals surface area contributed by atoms with Crippen LogP contribution in [0, 0.1) is 13.8 Å². The lowest BCUT2D eigenvalue weighted by Crippen LogP contribution is -2.44. The van der Waals surface area contributed by atoms with Gasteiger partial charge >= 0.3 is 0 Å². The Hall–Kier alpha value is -2.48.